The molecule has 50 heavy (non-hydrogen) atoms. The lowest BCUT2D eigenvalue weighted by Crippen LogP contribution is -2.25. The van der Waals surface area contributed by atoms with Crippen LogP contribution in [-0.4, -0.2) is 20.1 Å². The number of aromatic nitrogens is 3. The molecule has 3 aromatic carbocycles. The molecule has 0 spiro atoms. The van der Waals surface area contributed by atoms with Gasteiger partial charge in [0, 0.05) is 44.1 Å². The summed E-state index contributed by atoms with van der Waals surface area (Å²) in [5.41, 5.74) is 23.5. The number of benzene rings is 3. The molecule has 2 unspecified atom stereocenters. The van der Waals surface area contributed by atoms with Crippen molar-refractivity contribution in [2.75, 3.05) is 5.75 Å². The fourth-order valence-corrected chi connectivity index (χ4v) is 13.4. The topological polar surface area (TPSA) is 30.2 Å². The average molecular weight is 668 g/mol. The van der Waals surface area contributed by atoms with Crippen molar-refractivity contribution < 1.29 is 0 Å². The smallest absolute Gasteiger partial charge is 0.0732 e. The molecular weight excluding hydrogens is 627 g/mol. The van der Waals surface area contributed by atoms with E-state index in [1.165, 1.54) is 93.1 Å². The van der Waals surface area contributed by atoms with Crippen LogP contribution >= 0.6 is 12.6 Å². The third-order valence-corrected chi connectivity index (χ3v) is 15.0. The van der Waals surface area contributed by atoms with E-state index in [-0.39, 0.29) is 5.41 Å². The SMILES string of the molecule is CC1(C)c2ccccc2-c2c1ncc1c2c2c3c4c(c5c6c7c(ncc6n1c25)C1CC2CC(C1)CC7C2)CCc1cc(CCS)cc(c1-4)CC3. The zero-order valence-corrected chi connectivity index (χ0v) is 29.9. The van der Waals surface area contributed by atoms with Gasteiger partial charge < -0.3 is 4.40 Å². The third kappa shape index (κ3) is 3.12. The first-order valence-electron chi connectivity index (χ1n) is 19.4. The normalized spacial score (nSPS) is 24.7. The lowest BCUT2D eigenvalue weighted by Gasteiger charge is -2.38. The van der Waals surface area contributed by atoms with Gasteiger partial charge in [0.1, 0.15) is 0 Å². The minimum atomic E-state index is -0.134. The van der Waals surface area contributed by atoms with E-state index in [0.717, 1.165) is 49.7 Å². The Morgan fingerprint density at radius 2 is 1.42 bits per heavy atom. The third-order valence-electron chi connectivity index (χ3n) is 14.8. The summed E-state index contributed by atoms with van der Waals surface area (Å²) in [6, 6.07) is 14.2. The van der Waals surface area contributed by atoms with E-state index in [2.05, 4.69) is 79.7 Å². The van der Waals surface area contributed by atoms with Crippen molar-refractivity contribution in [1.82, 2.24) is 14.4 Å². The lowest BCUT2D eigenvalue weighted by atomic mass is 9.67. The second-order valence-corrected chi connectivity index (χ2v) is 18.0. The van der Waals surface area contributed by atoms with Crippen LogP contribution in [0.3, 0.4) is 0 Å². The number of rotatable bonds is 2. The molecule has 0 radical (unpaired) electrons. The van der Waals surface area contributed by atoms with Crippen LogP contribution < -0.4 is 0 Å². The highest BCUT2D eigenvalue weighted by molar-refractivity contribution is 7.80. The molecule has 7 aliphatic rings. The number of pyridine rings is 2. The summed E-state index contributed by atoms with van der Waals surface area (Å²) in [4.78, 5) is 10.9. The maximum Gasteiger partial charge on any atom is 0.0732 e. The van der Waals surface area contributed by atoms with Gasteiger partial charge in [-0.25, -0.2) is 0 Å². The lowest BCUT2D eigenvalue weighted by molar-refractivity contribution is 0.165. The molecule has 7 aromatic rings. The van der Waals surface area contributed by atoms with Gasteiger partial charge in [0.15, 0.2) is 0 Å². The molecule has 0 amide bonds. The summed E-state index contributed by atoms with van der Waals surface area (Å²) in [7, 11) is 0. The summed E-state index contributed by atoms with van der Waals surface area (Å²) in [6.07, 6.45) is 16.9. The van der Waals surface area contributed by atoms with E-state index in [0.29, 0.717) is 11.8 Å². The molecule has 0 aliphatic heterocycles. The molecular formula is C46H41N3S. The van der Waals surface area contributed by atoms with Gasteiger partial charge in [0.05, 0.1) is 34.6 Å². The van der Waals surface area contributed by atoms with Gasteiger partial charge in [-0.15, -0.1) is 0 Å². The van der Waals surface area contributed by atoms with Gasteiger partial charge >= 0.3 is 0 Å². The van der Waals surface area contributed by atoms with Gasteiger partial charge in [0.2, 0.25) is 0 Å². The van der Waals surface area contributed by atoms with E-state index < -0.39 is 0 Å². The molecule has 4 heterocycles. The zero-order valence-electron chi connectivity index (χ0n) is 29.0. The molecule has 4 aromatic heterocycles. The highest BCUT2D eigenvalue weighted by Crippen LogP contribution is 2.61. The van der Waals surface area contributed by atoms with E-state index >= 15 is 0 Å². The summed E-state index contributed by atoms with van der Waals surface area (Å²) < 4.78 is 2.66. The molecule has 4 heteroatoms. The van der Waals surface area contributed by atoms with Gasteiger partial charge in [-0.1, -0.05) is 50.2 Å². The number of thiol groups is 1. The van der Waals surface area contributed by atoms with Crippen LogP contribution in [0.1, 0.15) is 108 Å². The van der Waals surface area contributed by atoms with Crippen LogP contribution in [0.25, 0.3) is 60.3 Å². The van der Waals surface area contributed by atoms with E-state index in [1.807, 2.05) is 0 Å². The van der Waals surface area contributed by atoms with Crippen molar-refractivity contribution >= 4 is 50.7 Å². The molecule has 4 bridgehead atoms. The van der Waals surface area contributed by atoms with E-state index in [9.17, 15) is 0 Å². The fourth-order valence-electron chi connectivity index (χ4n) is 13.2. The average Bonchev–Trinajstić information content (AvgIpc) is 3.67. The molecule has 14 rings (SSSR count). The van der Waals surface area contributed by atoms with Crippen LogP contribution in [0.5, 0.6) is 0 Å². The number of aryl methyl sites for hydroxylation is 5. The van der Waals surface area contributed by atoms with Crippen molar-refractivity contribution in [1.29, 1.82) is 0 Å². The molecule has 2 fully saturated rings. The second kappa shape index (κ2) is 9.12. The Morgan fingerprint density at radius 1 is 0.740 bits per heavy atom. The van der Waals surface area contributed by atoms with E-state index in [1.54, 1.807) is 49.7 Å². The van der Waals surface area contributed by atoms with Crippen molar-refractivity contribution in [3.05, 3.63) is 99.1 Å². The monoisotopic (exact) mass is 667 g/mol. The zero-order chi connectivity index (χ0) is 32.8. The molecule has 0 N–H and O–H groups in total. The molecule has 2 saturated carbocycles. The van der Waals surface area contributed by atoms with Crippen LogP contribution in [0.15, 0.2) is 48.8 Å². The Morgan fingerprint density at radius 3 is 2.18 bits per heavy atom. The Hall–Kier alpha value is -3.89. The first-order valence-corrected chi connectivity index (χ1v) is 20.1. The number of fused-ring (bicyclic) bond motifs is 12. The Balaban J connectivity index is 1.26. The standard InChI is InChI=1S/C46H41N3S/c1-46(2)32-6-4-3-5-29(32)40-42-34(21-48-45(40)46)49-33-20-47-43-28-18-23-13-24(19-28)17-27(16-23)36(43)41(33)38-30-9-7-25-14-22(11-12-50)15-26-8-10-31(37(30)35(25)26)39(42)44(38)49/h3-6,14-15,20-21,23-24,27-28,50H,7-13,16-19H2,1-2H3. The molecule has 7 aliphatic carbocycles. The minimum absolute atomic E-state index is 0.134. The van der Waals surface area contributed by atoms with Gasteiger partial charge in [-0.3, -0.25) is 9.97 Å². The minimum Gasteiger partial charge on any atom is -0.305 e. The fraction of sp³-hybridized carbons (Fsp3) is 0.391. The highest BCUT2D eigenvalue weighted by atomic mass is 32.1. The van der Waals surface area contributed by atoms with Crippen LogP contribution in [0.4, 0.5) is 0 Å². The van der Waals surface area contributed by atoms with Gasteiger partial charge in [-0.2, -0.15) is 12.6 Å². The Labute approximate surface area is 298 Å². The van der Waals surface area contributed by atoms with Crippen LogP contribution in [-0.2, 0) is 37.5 Å². The van der Waals surface area contributed by atoms with Crippen molar-refractivity contribution in [2.45, 2.75) is 95.3 Å². The van der Waals surface area contributed by atoms with Gasteiger partial charge in [-0.05, 0) is 143 Å². The first-order chi connectivity index (χ1) is 24.5. The maximum absolute atomic E-state index is 5.52. The number of hydrogen-bond acceptors (Lipinski definition) is 3. The maximum atomic E-state index is 5.52. The van der Waals surface area contributed by atoms with E-state index in [4.69, 9.17) is 9.97 Å². The Bertz CT molecular complexity index is 2680. The summed E-state index contributed by atoms with van der Waals surface area (Å²) in [5, 5.41) is 6.09. The summed E-state index contributed by atoms with van der Waals surface area (Å²) in [5.74, 6) is 3.93. The predicted octanol–water partition coefficient (Wildman–Crippen LogP) is 10.7. The summed E-state index contributed by atoms with van der Waals surface area (Å²) in [6.45, 7) is 4.75. The Kier molecular flexibility index (Phi) is 5.07. The molecule has 246 valence electrons. The van der Waals surface area contributed by atoms with Crippen molar-refractivity contribution in [3.63, 3.8) is 0 Å². The highest BCUT2D eigenvalue weighted by Gasteiger charge is 2.46. The van der Waals surface area contributed by atoms with Crippen molar-refractivity contribution in [2.24, 2.45) is 11.8 Å². The molecule has 0 saturated heterocycles. The van der Waals surface area contributed by atoms with Gasteiger partial charge in [0.25, 0.3) is 0 Å². The quantitative estimate of drug-likeness (QED) is 0.186. The number of hydrogen-bond donors (Lipinski definition) is 1. The second-order valence-electron chi connectivity index (χ2n) is 17.6. The largest absolute Gasteiger partial charge is 0.305 e. The molecule has 2 atom stereocenters. The number of nitrogens with zero attached hydrogens (tertiary/aromatic N) is 3. The molecule has 3 nitrogen and oxygen atoms in total. The van der Waals surface area contributed by atoms with Crippen molar-refractivity contribution in [3.8, 4) is 22.3 Å². The summed E-state index contributed by atoms with van der Waals surface area (Å²) >= 11 is 4.64. The van der Waals surface area contributed by atoms with Crippen LogP contribution in [0.2, 0.25) is 0 Å². The van der Waals surface area contributed by atoms with Crippen LogP contribution in [0, 0.1) is 11.8 Å². The predicted molar refractivity (Wildman–Crippen MR) is 208 cm³/mol. The first kappa shape index (κ1) is 27.8.